The van der Waals surface area contributed by atoms with Gasteiger partial charge in [-0.3, -0.25) is 0 Å². The van der Waals surface area contributed by atoms with Gasteiger partial charge in [-0.25, -0.2) is 8.78 Å². The summed E-state index contributed by atoms with van der Waals surface area (Å²) in [5, 5.41) is 0. The Morgan fingerprint density at radius 3 is 2.00 bits per heavy atom. The van der Waals surface area contributed by atoms with Gasteiger partial charge in [0.1, 0.15) is 0 Å². The Kier molecular flexibility index (Phi) is 5.60. The highest BCUT2D eigenvalue weighted by Gasteiger charge is 2.09. The standard InChI is InChI=1S/C18H16F2/c1-5-7-8-13(3)15-9-11-16(12-10-15)14(4)18(20)17(19)6-2/h5-12H,1-4H2/b8-7-,18-17-. The van der Waals surface area contributed by atoms with Crippen molar-refractivity contribution in [2.45, 2.75) is 0 Å². The van der Waals surface area contributed by atoms with E-state index in [0.717, 1.165) is 17.2 Å². The van der Waals surface area contributed by atoms with Crippen LogP contribution in [0.5, 0.6) is 0 Å². The van der Waals surface area contributed by atoms with Crippen LogP contribution >= 0.6 is 0 Å². The quantitative estimate of drug-likeness (QED) is 0.574. The van der Waals surface area contributed by atoms with Crippen LogP contribution in [0.15, 0.2) is 86.5 Å². The van der Waals surface area contributed by atoms with E-state index in [4.69, 9.17) is 0 Å². The van der Waals surface area contributed by atoms with Gasteiger partial charge in [-0.1, -0.05) is 68.8 Å². The lowest BCUT2D eigenvalue weighted by atomic mass is 10.0. The average molecular weight is 270 g/mol. The van der Waals surface area contributed by atoms with Crippen molar-refractivity contribution >= 4 is 11.1 Å². The van der Waals surface area contributed by atoms with E-state index in [2.05, 4.69) is 26.3 Å². The Balaban J connectivity index is 3.00. The molecule has 0 aliphatic rings. The molecule has 0 bridgehead atoms. The molecule has 0 spiro atoms. The molecule has 0 radical (unpaired) electrons. The Hall–Kier alpha value is -2.48. The van der Waals surface area contributed by atoms with Crippen molar-refractivity contribution < 1.29 is 8.78 Å². The van der Waals surface area contributed by atoms with Gasteiger partial charge in [0.05, 0.1) is 0 Å². The van der Waals surface area contributed by atoms with Crippen LogP contribution in [0.1, 0.15) is 11.1 Å². The van der Waals surface area contributed by atoms with Crippen molar-refractivity contribution in [3.63, 3.8) is 0 Å². The van der Waals surface area contributed by atoms with Gasteiger partial charge in [0.2, 0.25) is 0 Å². The molecule has 1 aromatic carbocycles. The highest BCUT2D eigenvalue weighted by atomic mass is 19.2. The summed E-state index contributed by atoms with van der Waals surface area (Å²) in [6.45, 7) is 14.2. The molecular weight excluding hydrogens is 254 g/mol. The summed E-state index contributed by atoms with van der Waals surface area (Å²) in [5.74, 6) is -2.02. The predicted octanol–water partition coefficient (Wildman–Crippen LogP) is 5.79. The van der Waals surface area contributed by atoms with Crippen molar-refractivity contribution in [1.29, 1.82) is 0 Å². The second-order valence-corrected chi connectivity index (χ2v) is 4.04. The highest BCUT2D eigenvalue weighted by molar-refractivity contribution is 5.78. The predicted molar refractivity (Wildman–Crippen MR) is 83.3 cm³/mol. The zero-order valence-corrected chi connectivity index (χ0v) is 11.2. The van der Waals surface area contributed by atoms with Gasteiger partial charge in [0.25, 0.3) is 0 Å². The first-order valence-electron chi connectivity index (χ1n) is 5.97. The maximum Gasteiger partial charge on any atom is 0.166 e. The van der Waals surface area contributed by atoms with Gasteiger partial charge in [-0.15, -0.1) is 0 Å². The maximum atomic E-state index is 13.6. The van der Waals surface area contributed by atoms with Crippen molar-refractivity contribution in [2.24, 2.45) is 0 Å². The van der Waals surface area contributed by atoms with E-state index < -0.39 is 11.7 Å². The van der Waals surface area contributed by atoms with Crippen LogP contribution in [0.25, 0.3) is 11.1 Å². The molecule has 0 fully saturated rings. The van der Waals surface area contributed by atoms with Crippen molar-refractivity contribution in [2.75, 3.05) is 0 Å². The first kappa shape index (κ1) is 15.6. The lowest BCUT2D eigenvalue weighted by Crippen LogP contribution is -1.87. The first-order chi connectivity index (χ1) is 9.51. The van der Waals surface area contributed by atoms with Gasteiger partial charge in [-0.2, -0.15) is 0 Å². The minimum absolute atomic E-state index is 0.0128. The second kappa shape index (κ2) is 7.19. The first-order valence-corrected chi connectivity index (χ1v) is 5.97. The fraction of sp³-hybridized carbons (Fsp3) is 0. The molecule has 0 nitrogen and oxygen atoms in total. The van der Waals surface area contributed by atoms with Gasteiger partial charge in [0, 0.05) is 5.57 Å². The van der Waals surface area contributed by atoms with E-state index >= 15 is 0 Å². The topological polar surface area (TPSA) is 0 Å². The third-order valence-electron chi connectivity index (χ3n) is 2.69. The van der Waals surface area contributed by atoms with Gasteiger partial charge in [-0.05, 0) is 22.8 Å². The van der Waals surface area contributed by atoms with Gasteiger partial charge >= 0.3 is 0 Å². The Bertz CT molecular complexity index is 599. The summed E-state index contributed by atoms with van der Waals surface area (Å²) in [6.07, 6.45) is 6.06. The number of allylic oxidation sites excluding steroid dienone is 8. The van der Waals surface area contributed by atoms with Crippen LogP contribution in [0.2, 0.25) is 0 Å². The van der Waals surface area contributed by atoms with E-state index in [9.17, 15) is 8.78 Å². The van der Waals surface area contributed by atoms with Crippen LogP contribution in [0, 0.1) is 0 Å². The Labute approximate surface area is 118 Å². The van der Waals surface area contributed by atoms with Crippen molar-refractivity contribution in [3.8, 4) is 0 Å². The van der Waals surface area contributed by atoms with Crippen LogP contribution in [-0.4, -0.2) is 0 Å². The molecule has 0 saturated carbocycles. The summed E-state index contributed by atoms with van der Waals surface area (Å²) in [4.78, 5) is 0. The van der Waals surface area contributed by atoms with E-state index in [0.29, 0.717) is 5.56 Å². The number of hydrogen-bond donors (Lipinski definition) is 0. The number of benzene rings is 1. The largest absolute Gasteiger partial charge is 0.204 e. The van der Waals surface area contributed by atoms with Crippen LogP contribution in [-0.2, 0) is 0 Å². The van der Waals surface area contributed by atoms with Crippen LogP contribution in [0.3, 0.4) is 0 Å². The highest BCUT2D eigenvalue weighted by Crippen LogP contribution is 2.27. The molecule has 102 valence electrons. The van der Waals surface area contributed by atoms with Gasteiger partial charge in [0.15, 0.2) is 11.7 Å². The smallest absolute Gasteiger partial charge is 0.166 e. The molecule has 1 rings (SSSR count). The molecule has 0 heterocycles. The maximum absolute atomic E-state index is 13.6. The normalized spacial score (nSPS) is 11.9. The fourth-order valence-corrected chi connectivity index (χ4v) is 1.53. The molecule has 0 atom stereocenters. The number of halogens is 2. The van der Waals surface area contributed by atoms with Crippen LogP contribution < -0.4 is 0 Å². The number of rotatable bonds is 6. The van der Waals surface area contributed by atoms with Crippen LogP contribution in [0.4, 0.5) is 8.78 Å². The van der Waals surface area contributed by atoms with E-state index in [1.165, 1.54) is 0 Å². The van der Waals surface area contributed by atoms with E-state index in [-0.39, 0.29) is 5.57 Å². The minimum Gasteiger partial charge on any atom is -0.204 e. The third-order valence-corrected chi connectivity index (χ3v) is 2.69. The second-order valence-electron chi connectivity index (χ2n) is 4.04. The molecule has 0 N–H and O–H groups in total. The Morgan fingerprint density at radius 2 is 1.50 bits per heavy atom. The monoisotopic (exact) mass is 270 g/mol. The minimum atomic E-state index is -1.02. The van der Waals surface area contributed by atoms with E-state index in [1.54, 1.807) is 36.4 Å². The lowest BCUT2D eigenvalue weighted by molar-refractivity contribution is 0.578. The summed E-state index contributed by atoms with van der Waals surface area (Å²) in [7, 11) is 0. The van der Waals surface area contributed by atoms with E-state index in [1.807, 2.05) is 6.08 Å². The molecule has 0 saturated heterocycles. The van der Waals surface area contributed by atoms with Crippen molar-refractivity contribution in [1.82, 2.24) is 0 Å². The number of hydrogen-bond acceptors (Lipinski definition) is 0. The molecular formula is C18H16F2. The third kappa shape index (κ3) is 3.75. The summed E-state index contributed by atoms with van der Waals surface area (Å²) in [5.41, 5.74) is 2.17. The average Bonchev–Trinajstić information content (AvgIpc) is 2.50. The molecule has 2 heteroatoms. The summed E-state index contributed by atoms with van der Waals surface area (Å²) in [6, 6.07) is 6.88. The molecule has 0 amide bonds. The summed E-state index contributed by atoms with van der Waals surface area (Å²) < 4.78 is 26.7. The SMILES string of the molecule is C=C/C=C\C(=C)c1ccc(C(=C)/C(F)=C(/F)C=C)cc1. The molecule has 20 heavy (non-hydrogen) atoms. The summed E-state index contributed by atoms with van der Waals surface area (Å²) >= 11 is 0. The molecule has 0 aliphatic heterocycles. The van der Waals surface area contributed by atoms with Crippen molar-refractivity contribution in [3.05, 3.63) is 97.7 Å². The zero-order valence-electron chi connectivity index (χ0n) is 11.2. The molecule has 0 aliphatic carbocycles. The Morgan fingerprint density at radius 1 is 0.950 bits per heavy atom. The zero-order chi connectivity index (χ0) is 15.1. The van der Waals surface area contributed by atoms with Gasteiger partial charge < -0.3 is 0 Å². The molecule has 1 aromatic rings. The molecule has 0 aromatic heterocycles. The fourth-order valence-electron chi connectivity index (χ4n) is 1.53. The lowest BCUT2D eigenvalue weighted by Gasteiger charge is -2.06. The molecule has 0 unspecified atom stereocenters.